The lowest BCUT2D eigenvalue weighted by Gasteiger charge is -2.22. The number of hydrogen-bond donors (Lipinski definition) is 2. The minimum atomic E-state index is -1.05. The van der Waals surface area contributed by atoms with Gasteiger partial charge in [0.05, 0.1) is 15.6 Å². The van der Waals surface area contributed by atoms with E-state index in [9.17, 15) is 14.4 Å². The highest BCUT2D eigenvalue weighted by atomic mass is 35.5. The van der Waals surface area contributed by atoms with Gasteiger partial charge in [-0.2, -0.15) is 0 Å². The summed E-state index contributed by atoms with van der Waals surface area (Å²) in [5.74, 6) is -1.74. The number of nitrogens with one attached hydrogen (secondary N) is 2. The second kappa shape index (κ2) is 9.53. The summed E-state index contributed by atoms with van der Waals surface area (Å²) in [5, 5.41) is 7.44. The van der Waals surface area contributed by atoms with Crippen LogP contribution in [0.2, 0.25) is 5.02 Å². The Balaban J connectivity index is 1.98. The predicted molar refractivity (Wildman–Crippen MR) is 106 cm³/mol. The van der Waals surface area contributed by atoms with Crippen molar-refractivity contribution in [2.75, 3.05) is 5.32 Å². The molecule has 1 aromatic heterocycles. The molecule has 0 fully saturated rings. The molecule has 2 aromatic rings. The summed E-state index contributed by atoms with van der Waals surface area (Å²) in [6.07, 6.45) is -1.05. The summed E-state index contributed by atoms with van der Waals surface area (Å²) in [4.78, 5) is 37.5. The van der Waals surface area contributed by atoms with Crippen molar-refractivity contribution < 1.29 is 19.1 Å². The first-order chi connectivity index (χ1) is 12.8. The van der Waals surface area contributed by atoms with E-state index < -0.39 is 24.0 Å². The summed E-state index contributed by atoms with van der Waals surface area (Å²) in [7, 11) is 0. The van der Waals surface area contributed by atoms with Crippen LogP contribution < -0.4 is 10.6 Å². The smallest absolute Gasteiger partial charge is 0.329 e. The van der Waals surface area contributed by atoms with Crippen LogP contribution in [0.5, 0.6) is 0 Å². The maximum atomic E-state index is 12.5. The minimum absolute atomic E-state index is 0.208. The van der Waals surface area contributed by atoms with E-state index in [2.05, 4.69) is 10.6 Å². The number of rotatable bonds is 7. The number of amides is 2. The zero-order chi connectivity index (χ0) is 20.0. The highest BCUT2D eigenvalue weighted by molar-refractivity contribution is 7.12. The van der Waals surface area contributed by atoms with E-state index >= 15 is 0 Å². The van der Waals surface area contributed by atoms with Crippen molar-refractivity contribution in [3.05, 3.63) is 51.7 Å². The van der Waals surface area contributed by atoms with Crippen molar-refractivity contribution in [2.45, 2.75) is 32.9 Å². The summed E-state index contributed by atoms with van der Waals surface area (Å²) in [6.45, 7) is 5.03. The van der Waals surface area contributed by atoms with Gasteiger partial charge in [0.25, 0.3) is 11.8 Å². The summed E-state index contributed by atoms with van der Waals surface area (Å²) >= 11 is 7.28. The maximum absolute atomic E-state index is 12.5. The standard InChI is InChI=1S/C19H21ClN2O4S/c1-11(2)16(22-18(24)15-9-6-10-27-15)19(25)26-12(3)17(23)21-14-8-5-4-7-13(14)20/h4-12,16H,1-3H3,(H,21,23)(H,22,24)/t12-,16-/m1/s1. The fourth-order valence-electron chi connectivity index (χ4n) is 2.22. The van der Waals surface area contributed by atoms with Gasteiger partial charge in [0.1, 0.15) is 6.04 Å². The molecule has 0 radical (unpaired) electrons. The number of carbonyl (C=O) groups is 3. The third-order valence-corrected chi connectivity index (χ3v) is 4.94. The van der Waals surface area contributed by atoms with Crippen LogP contribution in [0.1, 0.15) is 30.4 Å². The van der Waals surface area contributed by atoms with Crippen LogP contribution in [-0.2, 0) is 14.3 Å². The Morgan fingerprint density at radius 2 is 1.78 bits per heavy atom. The number of thiophene rings is 1. The van der Waals surface area contributed by atoms with E-state index in [1.807, 2.05) is 0 Å². The molecule has 2 rings (SSSR count). The number of anilines is 1. The zero-order valence-corrected chi connectivity index (χ0v) is 16.8. The van der Waals surface area contributed by atoms with Crippen molar-refractivity contribution in [1.29, 1.82) is 0 Å². The number of halogens is 1. The second-order valence-corrected chi connectivity index (χ2v) is 7.58. The molecule has 0 spiro atoms. The Bertz CT molecular complexity index is 808. The number of benzene rings is 1. The first kappa shape index (κ1) is 20.9. The second-order valence-electron chi connectivity index (χ2n) is 6.22. The highest BCUT2D eigenvalue weighted by Gasteiger charge is 2.29. The first-order valence-electron chi connectivity index (χ1n) is 8.40. The van der Waals surface area contributed by atoms with Gasteiger partial charge >= 0.3 is 5.97 Å². The average Bonchev–Trinajstić information content (AvgIpc) is 3.15. The topological polar surface area (TPSA) is 84.5 Å². The molecular weight excluding hydrogens is 388 g/mol. The summed E-state index contributed by atoms with van der Waals surface area (Å²) < 4.78 is 5.26. The number of para-hydroxylation sites is 1. The molecule has 144 valence electrons. The Morgan fingerprint density at radius 1 is 1.07 bits per heavy atom. The van der Waals surface area contributed by atoms with E-state index in [-0.39, 0.29) is 11.8 Å². The SMILES string of the molecule is CC(C)[C@@H](NC(=O)c1cccs1)C(=O)O[C@H](C)C(=O)Nc1ccccc1Cl. The fraction of sp³-hybridized carbons (Fsp3) is 0.316. The van der Waals surface area contributed by atoms with Crippen molar-refractivity contribution in [3.8, 4) is 0 Å². The molecule has 27 heavy (non-hydrogen) atoms. The van der Waals surface area contributed by atoms with Crippen molar-refractivity contribution in [1.82, 2.24) is 5.32 Å². The predicted octanol–water partition coefficient (Wildman–Crippen LogP) is 3.73. The van der Waals surface area contributed by atoms with Gasteiger partial charge in [0.2, 0.25) is 0 Å². The van der Waals surface area contributed by atoms with Crippen molar-refractivity contribution >= 4 is 46.4 Å². The molecule has 0 saturated carbocycles. The monoisotopic (exact) mass is 408 g/mol. The fourth-order valence-corrected chi connectivity index (χ4v) is 3.03. The summed E-state index contributed by atoms with van der Waals surface area (Å²) in [5.41, 5.74) is 0.429. The van der Waals surface area contributed by atoms with Gasteiger partial charge < -0.3 is 15.4 Å². The third-order valence-electron chi connectivity index (χ3n) is 3.75. The van der Waals surface area contributed by atoms with E-state index in [1.165, 1.54) is 18.3 Å². The molecule has 1 heterocycles. The van der Waals surface area contributed by atoms with E-state index in [1.54, 1.807) is 55.6 Å². The van der Waals surface area contributed by atoms with Crippen LogP contribution in [0.3, 0.4) is 0 Å². The number of esters is 1. The normalized spacial score (nSPS) is 12.9. The maximum Gasteiger partial charge on any atom is 0.329 e. The van der Waals surface area contributed by atoms with Gasteiger partial charge in [-0.05, 0) is 36.4 Å². The number of carbonyl (C=O) groups excluding carboxylic acids is 3. The first-order valence-corrected chi connectivity index (χ1v) is 9.65. The van der Waals surface area contributed by atoms with Crippen LogP contribution >= 0.6 is 22.9 Å². The Kier molecular flexibility index (Phi) is 7.38. The Morgan fingerprint density at radius 3 is 2.37 bits per heavy atom. The molecular formula is C19H21ClN2O4S. The van der Waals surface area contributed by atoms with Crippen molar-refractivity contribution in [2.24, 2.45) is 5.92 Å². The van der Waals surface area contributed by atoms with Gasteiger partial charge in [-0.25, -0.2) is 4.79 Å². The van der Waals surface area contributed by atoms with E-state index in [0.29, 0.717) is 15.6 Å². The minimum Gasteiger partial charge on any atom is -0.451 e. The lowest BCUT2D eigenvalue weighted by molar-refractivity contribution is -0.156. The molecule has 0 aliphatic rings. The van der Waals surface area contributed by atoms with Crippen LogP contribution in [0.4, 0.5) is 5.69 Å². The number of ether oxygens (including phenoxy) is 1. The van der Waals surface area contributed by atoms with Crippen molar-refractivity contribution in [3.63, 3.8) is 0 Å². The van der Waals surface area contributed by atoms with Gasteiger partial charge in [0.15, 0.2) is 6.10 Å². The molecule has 2 atom stereocenters. The van der Waals surface area contributed by atoms with Crippen LogP contribution in [0.15, 0.2) is 41.8 Å². The molecule has 6 nitrogen and oxygen atoms in total. The number of hydrogen-bond acceptors (Lipinski definition) is 5. The molecule has 0 aliphatic carbocycles. The summed E-state index contributed by atoms with van der Waals surface area (Å²) in [6, 6.07) is 9.31. The molecule has 2 amide bonds. The van der Waals surface area contributed by atoms with E-state index in [0.717, 1.165) is 0 Å². The lowest BCUT2D eigenvalue weighted by Crippen LogP contribution is -2.47. The molecule has 0 saturated heterocycles. The molecule has 0 unspecified atom stereocenters. The van der Waals surface area contributed by atoms with Crippen LogP contribution in [0, 0.1) is 5.92 Å². The molecule has 8 heteroatoms. The highest BCUT2D eigenvalue weighted by Crippen LogP contribution is 2.21. The van der Waals surface area contributed by atoms with E-state index in [4.69, 9.17) is 16.3 Å². The average molecular weight is 409 g/mol. The zero-order valence-electron chi connectivity index (χ0n) is 15.2. The van der Waals surface area contributed by atoms with Crippen LogP contribution in [0.25, 0.3) is 0 Å². The Labute approximate surface area is 166 Å². The molecule has 1 aromatic carbocycles. The Hall–Kier alpha value is -2.38. The van der Waals surface area contributed by atoms with Gasteiger partial charge in [-0.1, -0.05) is 43.6 Å². The largest absolute Gasteiger partial charge is 0.451 e. The molecule has 0 bridgehead atoms. The molecule has 0 aliphatic heterocycles. The van der Waals surface area contributed by atoms with Gasteiger partial charge in [-0.15, -0.1) is 11.3 Å². The quantitative estimate of drug-likeness (QED) is 0.683. The van der Waals surface area contributed by atoms with Gasteiger partial charge in [-0.3, -0.25) is 9.59 Å². The van der Waals surface area contributed by atoms with Crippen LogP contribution in [-0.4, -0.2) is 29.9 Å². The molecule has 2 N–H and O–H groups in total. The van der Waals surface area contributed by atoms with Gasteiger partial charge in [0, 0.05) is 0 Å². The lowest BCUT2D eigenvalue weighted by atomic mass is 10.0. The third kappa shape index (κ3) is 5.80.